The van der Waals surface area contributed by atoms with Crippen molar-refractivity contribution in [1.82, 2.24) is 5.32 Å². The summed E-state index contributed by atoms with van der Waals surface area (Å²) in [4.78, 5) is 25.9. The number of nitrogens with one attached hydrogen (secondary N) is 1. The summed E-state index contributed by atoms with van der Waals surface area (Å²) < 4.78 is 78.3. The average Bonchev–Trinajstić information content (AvgIpc) is 2.67. The molecule has 1 saturated carbocycles. The Balaban J connectivity index is 2.50. The third-order valence-electron chi connectivity index (χ3n) is 4.60. The molecule has 1 aromatic rings. The third-order valence-corrected chi connectivity index (χ3v) is 12.8. The van der Waals surface area contributed by atoms with Crippen molar-refractivity contribution in [2.75, 3.05) is 5.75 Å². The molecule has 1 unspecified atom stereocenters. The van der Waals surface area contributed by atoms with E-state index >= 15 is 0 Å². The van der Waals surface area contributed by atoms with E-state index in [1.807, 2.05) is 67.8 Å². The zero-order valence-corrected chi connectivity index (χ0v) is 25.4. The van der Waals surface area contributed by atoms with Crippen molar-refractivity contribution >= 4 is 112 Å². The number of carbonyl (C=O) groups excluding carboxylic acids is 2. The fourth-order valence-corrected chi connectivity index (χ4v) is 7.44. The van der Waals surface area contributed by atoms with E-state index in [0.29, 0.717) is 23.6 Å². The van der Waals surface area contributed by atoms with Gasteiger partial charge in [0.2, 0.25) is 0 Å². The lowest BCUT2D eigenvalue weighted by atomic mass is 9.97. The molecular weight excluding hydrogens is 911 g/mol. The van der Waals surface area contributed by atoms with Crippen molar-refractivity contribution in [1.29, 1.82) is 0 Å². The molecule has 0 radical (unpaired) electrons. The molecule has 0 bridgehead atoms. The first kappa shape index (κ1) is 29.0. The highest BCUT2D eigenvalue weighted by atomic mass is 127. The smallest absolute Gasteiger partial charge is 0.409 e. The van der Waals surface area contributed by atoms with Gasteiger partial charge in [0, 0.05) is 14.3 Å². The summed E-state index contributed by atoms with van der Waals surface area (Å²) in [6.45, 7) is 0. The quantitative estimate of drug-likeness (QED) is 0.135. The second-order valence-electron chi connectivity index (χ2n) is 6.99. The van der Waals surface area contributed by atoms with Crippen LogP contribution in [0.5, 0.6) is 0 Å². The van der Waals surface area contributed by atoms with Crippen molar-refractivity contribution in [3.05, 3.63) is 25.4 Å². The molecule has 2 rings (SSSR count). The molecule has 0 aromatic heterocycles. The van der Waals surface area contributed by atoms with E-state index in [0.717, 1.165) is 19.3 Å². The number of amides is 1. The zero-order chi connectivity index (χ0) is 24.4. The second-order valence-corrected chi connectivity index (χ2v) is 12.8. The van der Waals surface area contributed by atoms with E-state index in [-0.39, 0.29) is 20.8 Å². The summed E-state index contributed by atoms with van der Waals surface area (Å²) in [5.74, 6) is -3.86. The fraction of sp³-hybridized carbons (Fsp3) is 0.529. The molecule has 32 heavy (non-hydrogen) atoms. The van der Waals surface area contributed by atoms with Crippen LogP contribution in [0.4, 0.5) is 13.2 Å². The van der Waals surface area contributed by atoms with Crippen LogP contribution in [0.1, 0.15) is 52.8 Å². The molecule has 7 nitrogen and oxygen atoms in total. The molecule has 0 aliphatic heterocycles. The molecule has 0 heterocycles. The van der Waals surface area contributed by atoms with E-state index in [2.05, 4.69) is 0 Å². The van der Waals surface area contributed by atoms with Crippen molar-refractivity contribution in [2.45, 2.75) is 50.4 Å². The molecule has 1 aliphatic carbocycles. The Bertz CT molecular complexity index is 1010. The number of benzene rings is 1. The van der Waals surface area contributed by atoms with Gasteiger partial charge in [0.25, 0.3) is 16.0 Å². The van der Waals surface area contributed by atoms with Crippen molar-refractivity contribution in [2.24, 2.45) is 0 Å². The molecule has 1 aromatic carbocycles. The molecule has 1 amide bonds. The lowest BCUT2D eigenvalue weighted by Gasteiger charge is -2.25. The van der Waals surface area contributed by atoms with Crippen molar-refractivity contribution in [3.8, 4) is 0 Å². The van der Waals surface area contributed by atoms with Gasteiger partial charge in [0.05, 0.1) is 11.1 Å². The first-order valence-corrected chi connectivity index (χ1v) is 15.0. The van der Waals surface area contributed by atoms with Crippen LogP contribution in [-0.2, 0) is 14.9 Å². The van der Waals surface area contributed by atoms with E-state index in [1.165, 1.54) is 0 Å². The number of hydrogen-bond acceptors (Lipinski definition) is 5. The van der Waals surface area contributed by atoms with Crippen molar-refractivity contribution in [3.63, 3.8) is 0 Å². The Hall–Kier alpha value is 0.780. The summed E-state index contributed by atoms with van der Waals surface area (Å²) in [6, 6.07) is -2.86. The van der Waals surface area contributed by atoms with E-state index in [1.54, 1.807) is 27.9 Å². The second kappa shape index (κ2) is 11.7. The van der Waals surface area contributed by atoms with Crippen LogP contribution in [0.15, 0.2) is 0 Å². The Morgan fingerprint density at radius 2 is 1.50 bits per heavy atom. The number of alkyl halides is 3. The van der Waals surface area contributed by atoms with Gasteiger partial charge in [0.15, 0.2) is 0 Å². The maximum Gasteiger partial charge on any atom is 0.409 e. The van der Waals surface area contributed by atoms with Gasteiger partial charge in [-0.05, 0) is 116 Å². The Kier molecular flexibility index (Phi) is 10.6. The highest BCUT2D eigenvalue weighted by Gasteiger charge is 2.44. The average molecular weight is 927 g/mol. The van der Waals surface area contributed by atoms with Crippen LogP contribution in [0.2, 0.25) is 0 Å². The summed E-state index contributed by atoms with van der Waals surface area (Å²) in [7, 11) is -5.05. The molecule has 0 spiro atoms. The lowest BCUT2D eigenvalue weighted by Crippen LogP contribution is -2.50. The highest BCUT2D eigenvalue weighted by molar-refractivity contribution is 14.1. The molecule has 1 fully saturated rings. The van der Waals surface area contributed by atoms with E-state index < -0.39 is 40.0 Å². The first-order chi connectivity index (χ1) is 14.6. The number of hydrogen-bond donors (Lipinski definition) is 2. The summed E-state index contributed by atoms with van der Waals surface area (Å²) in [5, 5.41) is 1.62. The number of halogens is 7. The van der Waals surface area contributed by atoms with Gasteiger partial charge in [-0.25, -0.2) is 4.79 Å². The number of rotatable bonds is 6. The molecule has 1 atom stereocenters. The molecule has 0 saturated heterocycles. The van der Waals surface area contributed by atoms with Gasteiger partial charge < -0.3 is 10.1 Å². The van der Waals surface area contributed by atoms with Crippen LogP contribution in [0.25, 0.3) is 0 Å². The third kappa shape index (κ3) is 7.64. The van der Waals surface area contributed by atoms with Gasteiger partial charge in [-0.3, -0.25) is 9.35 Å². The molecule has 180 valence electrons. The molecule has 1 aliphatic rings. The summed E-state index contributed by atoms with van der Waals surface area (Å²) in [6.07, 6.45) is -1.39. The van der Waals surface area contributed by atoms with Gasteiger partial charge in [-0.1, -0.05) is 6.42 Å². The van der Waals surface area contributed by atoms with Gasteiger partial charge in [-0.15, -0.1) is 0 Å². The number of esters is 1. The van der Waals surface area contributed by atoms with Gasteiger partial charge >= 0.3 is 12.1 Å². The van der Waals surface area contributed by atoms with Gasteiger partial charge in [0.1, 0.15) is 17.9 Å². The van der Waals surface area contributed by atoms with E-state index in [4.69, 9.17) is 9.29 Å². The lowest BCUT2D eigenvalue weighted by molar-refractivity contribution is -0.148. The largest absolute Gasteiger partial charge is 0.459 e. The minimum atomic E-state index is -5.15. The topological polar surface area (TPSA) is 110 Å². The van der Waals surface area contributed by atoms with Crippen LogP contribution in [0, 0.1) is 14.3 Å². The predicted octanol–water partition coefficient (Wildman–Crippen LogP) is 5.14. The normalized spacial score (nSPS) is 16.5. The number of ether oxygens (including phenoxy) is 1. The van der Waals surface area contributed by atoms with Gasteiger partial charge in [-0.2, -0.15) is 21.6 Å². The Morgan fingerprint density at radius 3 is 1.97 bits per heavy atom. The highest BCUT2D eigenvalue weighted by Crippen LogP contribution is 2.34. The summed E-state index contributed by atoms with van der Waals surface area (Å²) >= 11 is 7.47. The Labute approximate surface area is 237 Å². The standard InChI is InChI=1S/C17H16F3I4NO6S/c18-17(19,20)8(6-32(28,29)30)25-15(26)9-10(12(22)14(24)13(23)11(9)21)16(27)31-7-4-2-1-3-5-7/h7-8H,1-6H2,(H,25,26)(H,28,29,30). The van der Waals surface area contributed by atoms with Crippen LogP contribution in [0.3, 0.4) is 0 Å². The number of carbonyl (C=O) groups is 2. The van der Waals surface area contributed by atoms with Crippen LogP contribution < -0.4 is 5.32 Å². The van der Waals surface area contributed by atoms with Crippen LogP contribution >= 0.6 is 90.4 Å². The van der Waals surface area contributed by atoms with E-state index in [9.17, 15) is 31.2 Å². The molecule has 15 heteroatoms. The maximum atomic E-state index is 13.3. The maximum absolute atomic E-state index is 13.3. The minimum absolute atomic E-state index is 0.171. The molecular formula is C17H16F3I4NO6S. The minimum Gasteiger partial charge on any atom is -0.459 e. The monoisotopic (exact) mass is 927 g/mol. The first-order valence-electron chi connectivity index (χ1n) is 9.03. The summed E-state index contributed by atoms with van der Waals surface area (Å²) in [5.41, 5.74) is -0.499. The zero-order valence-electron chi connectivity index (χ0n) is 15.9. The predicted molar refractivity (Wildman–Crippen MR) is 143 cm³/mol. The Morgan fingerprint density at radius 1 is 1.00 bits per heavy atom. The van der Waals surface area contributed by atoms with Crippen LogP contribution in [-0.4, -0.2) is 48.9 Å². The fourth-order valence-electron chi connectivity index (χ4n) is 3.09. The SMILES string of the molecule is O=C(NC(CS(=O)(=O)O)C(F)(F)F)c1c(I)c(I)c(I)c(I)c1C(=O)OC1CCCCC1. The molecule has 2 N–H and O–H groups in total. The van der Waals surface area contributed by atoms with Crippen molar-refractivity contribution < 1.29 is 40.5 Å².